The average molecular weight is 470 g/mol. The largest absolute Gasteiger partial charge is 0.488 e. The average Bonchev–Trinajstić information content (AvgIpc) is 3.75. The van der Waals surface area contributed by atoms with Gasteiger partial charge in [0, 0.05) is 26.1 Å². The fraction of sp³-hybridized carbons (Fsp3) is 0.625. The maximum atomic E-state index is 12.3. The summed E-state index contributed by atoms with van der Waals surface area (Å²) < 4.78 is 13.4. The van der Waals surface area contributed by atoms with Crippen molar-refractivity contribution in [3.8, 4) is 17.1 Å². The van der Waals surface area contributed by atoms with Crippen LogP contribution in [-0.2, 0) is 23.2 Å². The quantitative estimate of drug-likeness (QED) is 0.624. The number of carbonyl (C=O) groups excluding carboxylic acids is 1. The molecule has 182 valence electrons. The maximum absolute atomic E-state index is 12.3. The van der Waals surface area contributed by atoms with Crippen molar-refractivity contribution in [3.63, 3.8) is 0 Å². The summed E-state index contributed by atoms with van der Waals surface area (Å²) in [5.41, 5.74) is 2.81. The van der Waals surface area contributed by atoms with Crippen molar-refractivity contribution in [2.75, 3.05) is 7.05 Å². The van der Waals surface area contributed by atoms with Gasteiger partial charge in [0.2, 0.25) is 0 Å². The highest BCUT2D eigenvalue weighted by atomic mass is 16.6. The van der Waals surface area contributed by atoms with Crippen molar-refractivity contribution in [3.05, 3.63) is 23.5 Å². The molecule has 2 atom stereocenters. The lowest BCUT2D eigenvalue weighted by molar-refractivity contribution is -0.143. The Labute approximate surface area is 198 Å². The van der Waals surface area contributed by atoms with Crippen LogP contribution in [0.2, 0.25) is 0 Å². The van der Waals surface area contributed by atoms with Crippen LogP contribution in [0, 0.1) is 5.92 Å². The predicted octanol–water partition coefficient (Wildman–Crippen LogP) is 3.51. The highest BCUT2D eigenvalue weighted by molar-refractivity contribution is 5.70. The Balaban J connectivity index is 1.33. The second-order valence-corrected chi connectivity index (χ2v) is 9.70. The molecule has 1 amide bonds. The zero-order valence-electron chi connectivity index (χ0n) is 19.6. The summed E-state index contributed by atoms with van der Waals surface area (Å²) in [6.45, 7) is 0.0616. The number of pyridine rings is 1. The molecule has 3 aliphatic carbocycles. The number of hydrogen-bond donors (Lipinski definition) is 1. The Hall–Kier alpha value is -3.17. The summed E-state index contributed by atoms with van der Waals surface area (Å²) in [6.07, 6.45) is 6.60. The summed E-state index contributed by atoms with van der Waals surface area (Å²) in [6, 6.07) is 4.04. The third-order valence-electron chi connectivity index (χ3n) is 7.02. The molecular weight excluding hydrogens is 438 g/mol. The van der Waals surface area contributed by atoms with Crippen LogP contribution < -0.4 is 4.74 Å². The summed E-state index contributed by atoms with van der Waals surface area (Å²) in [4.78, 5) is 30.3. The van der Waals surface area contributed by atoms with Crippen LogP contribution in [-0.4, -0.2) is 61.2 Å². The number of nitrogens with zero attached hydrogens (tertiary/aromatic N) is 5. The van der Waals surface area contributed by atoms with Crippen molar-refractivity contribution < 1.29 is 24.2 Å². The maximum Gasteiger partial charge on any atom is 0.410 e. The van der Waals surface area contributed by atoms with E-state index in [9.17, 15) is 14.7 Å². The second-order valence-electron chi connectivity index (χ2n) is 9.70. The number of aliphatic carboxylic acids is 1. The van der Waals surface area contributed by atoms with E-state index in [4.69, 9.17) is 14.5 Å². The fourth-order valence-electron chi connectivity index (χ4n) is 4.58. The van der Waals surface area contributed by atoms with Crippen LogP contribution in [0.5, 0.6) is 5.75 Å². The molecule has 10 heteroatoms. The first-order chi connectivity index (χ1) is 16.4. The minimum Gasteiger partial charge on any atom is -0.488 e. The lowest BCUT2D eigenvalue weighted by Crippen LogP contribution is -2.29. The molecule has 2 heterocycles. The van der Waals surface area contributed by atoms with Crippen LogP contribution >= 0.6 is 0 Å². The monoisotopic (exact) mass is 469 g/mol. The molecule has 1 N–H and O–H groups in total. The first kappa shape index (κ1) is 22.6. The van der Waals surface area contributed by atoms with Crippen molar-refractivity contribution in [2.45, 2.75) is 76.0 Å². The van der Waals surface area contributed by atoms with Gasteiger partial charge in [0.15, 0.2) is 0 Å². The molecule has 3 aliphatic rings. The van der Waals surface area contributed by atoms with Gasteiger partial charge >= 0.3 is 12.1 Å². The lowest BCUT2D eigenvalue weighted by atomic mass is 9.87. The Morgan fingerprint density at radius 3 is 2.68 bits per heavy atom. The zero-order chi connectivity index (χ0) is 23.8. The molecule has 2 aromatic heterocycles. The highest BCUT2D eigenvalue weighted by Crippen LogP contribution is 2.45. The van der Waals surface area contributed by atoms with Gasteiger partial charge in [0.1, 0.15) is 23.7 Å². The number of carboxylic acid groups (broad SMARTS) is 1. The van der Waals surface area contributed by atoms with Gasteiger partial charge in [-0.2, -0.15) is 0 Å². The Bertz CT molecular complexity index is 1080. The summed E-state index contributed by atoms with van der Waals surface area (Å²) >= 11 is 0. The number of amides is 1. The first-order valence-electron chi connectivity index (χ1n) is 12.1. The van der Waals surface area contributed by atoms with Gasteiger partial charge in [-0.3, -0.25) is 4.79 Å². The molecule has 3 fully saturated rings. The van der Waals surface area contributed by atoms with E-state index in [1.807, 2.05) is 12.1 Å². The summed E-state index contributed by atoms with van der Waals surface area (Å²) in [5.74, 6) is -0.0354. The SMILES string of the molecule is CN(C(=O)OCc1c(-c2ccc(O[C@H]3CCC[C@H](C(=O)O)C3)c(C3CC3)n2)nnn1C)C1CC1. The van der Waals surface area contributed by atoms with Crippen LogP contribution in [0.1, 0.15) is 68.7 Å². The highest BCUT2D eigenvalue weighted by Gasteiger charge is 2.33. The van der Waals surface area contributed by atoms with Gasteiger partial charge < -0.3 is 19.5 Å². The normalized spacial score (nSPS) is 22.3. The first-order valence-corrected chi connectivity index (χ1v) is 12.1. The van der Waals surface area contributed by atoms with E-state index in [1.165, 1.54) is 0 Å². The van der Waals surface area contributed by atoms with E-state index in [-0.39, 0.29) is 30.8 Å². The molecule has 5 rings (SSSR count). The Morgan fingerprint density at radius 1 is 1.18 bits per heavy atom. The third-order valence-corrected chi connectivity index (χ3v) is 7.02. The summed E-state index contributed by atoms with van der Waals surface area (Å²) in [7, 11) is 3.53. The molecule has 0 bridgehead atoms. The Morgan fingerprint density at radius 2 is 1.97 bits per heavy atom. The molecule has 0 saturated heterocycles. The van der Waals surface area contributed by atoms with Gasteiger partial charge in [0.25, 0.3) is 0 Å². The summed E-state index contributed by atoms with van der Waals surface area (Å²) in [5, 5.41) is 17.8. The molecule has 0 spiro atoms. The van der Waals surface area contributed by atoms with E-state index in [0.29, 0.717) is 35.8 Å². The van der Waals surface area contributed by atoms with Gasteiger partial charge in [-0.05, 0) is 63.5 Å². The van der Waals surface area contributed by atoms with Crippen molar-refractivity contribution in [1.29, 1.82) is 0 Å². The van der Waals surface area contributed by atoms with Crippen molar-refractivity contribution in [1.82, 2.24) is 24.9 Å². The van der Waals surface area contributed by atoms with Crippen molar-refractivity contribution in [2.24, 2.45) is 13.0 Å². The molecule has 2 aromatic rings. The fourth-order valence-corrected chi connectivity index (χ4v) is 4.58. The number of carboxylic acids is 1. The molecule has 0 unspecified atom stereocenters. The molecular formula is C24H31N5O5. The zero-order valence-corrected chi connectivity index (χ0v) is 19.6. The molecule has 3 saturated carbocycles. The van der Waals surface area contributed by atoms with E-state index in [1.54, 1.807) is 23.7 Å². The minimum absolute atomic E-state index is 0.0616. The van der Waals surface area contributed by atoms with Crippen LogP contribution in [0.15, 0.2) is 12.1 Å². The third kappa shape index (κ3) is 4.85. The Kier molecular flexibility index (Phi) is 6.14. The van der Waals surface area contributed by atoms with E-state index >= 15 is 0 Å². The number of hydrogen-bond acceptors (Lipinski definition) is 7. The predicted molar refractivity (Wildman–Crippen MR) is 121 cm³/mol. The van der Waals surface area contributed by atoms with Crippen molar-refractivity contribution >= 4 is 12.1 Å². The number of aromatic nitrogens is 4. The van der Waals surface area contributed by atoms with E-state index < -0.39 is 5.97 Å². The molecule has 0 aromatic carbocycles. The topological polar surface area (TPSA) is 120 Å². The van der Waals surface area contributed by atoms with Gasteiger partial charge in [-0.15, -0.1) is 5.10 Å². The molecule has 0 aliphatic heterocycles. The van der Waals surface area contributed by atoms with Crippen LogP contribution in [0.4, 0.5) is 4.79 Å². The molecule has 0 radical (unpaired) electrons. The second kappa shape index (κ2) is 9.23. The standard InChI is InChI=1S/C24H31N5O5/c1-28(16-8-9-16)24(32)33-13-19-22(26-27-29(19)2)18-10-11-20(21(25-18)14-6-7-14)34-17-5-3-4-15(12-17)23(30)31/h10-11,14-17H,3-9,12-13H2,1-2H3,(H,30,31)/t15-,17-/m0/s1. The van der Waals surface area contributed by atoms with E-state index in [0.717, 1.165) is 50.0 Å². The van der Waals surface area contributed by atoms with Gasteiger partial charge in [0.05, 0.1) is 23.4 Å². The molecule has 34 heavy (non-hydrogen) atoms. The smallest absolute Gasteiger partial charge is 0.410 e. The number of rotatable bonds is 8. The minimum atomic E-state index is -0.747. The lowest BCUT2D eigenvalue weighted by Gasteiger charge is -2.28. The van der Waals surface area contributed by atoms with Crippen LogP contribution in [0.3, 0.4) is 0 Å². The number of carbonyl (C=O) groups is 2. The van der Waals surface area contributed by atoms with Gasteiger partial charge in [-0.25, -0.2) is 14.5 Å². The molecule has 10 nitrogen and oxygen atoms in total. The van der Waals surface area contributed by atoms with E-state index in [2.05, 4.69) is 10.3 Å². The number of aryl methyl sites for hydroxylation is 1. The number of ether oxygens (including phenoxy) is 2. The van der Waals surface area contributed by atoms with Gasteiger partial charge in [-0.1, -0.05) is 5.21 Å². The van der Waals surface area contributed by atoms with Crippen LogP contribution in [0.25, 0.3) is 11.4 Å².